The first-order chi connectivity index (χ1) is 67.1. The van der Waals surface area contributed by atoms with Crippen LogP contribution in [0.4, 0.5) is 22.7 Å². The number of hydrogen-bond acceptors (Lipinski definition) is 10. The zero-order valence-electron chi connectivity index (χ0n) is 74.4. The molecule has 0 N–H and O–H groups in total. The Kier molecular flexibility index (Phi) is 34.1. The molecule has 4 saturated heterocycles. The Labute approximate surface area is 878 Å². The van der Waals surface area contributed by atoms with Gasteiger partial charge < -0.3 is 39.2 Å². The Morgan fingerprint density at radius 3 is 0.885 bits per heavy atom. The van der Waals surface area contributed by atoms with Crippen molar-refractivity contribution in [3.8, 4) is 11.1 Å². The molecule has 5 aliphatic rings. The average molecular weight is 2130 g/mol. The van der Waals surface area contributed by atoms with E-state index in [4.69, 9.17) is 162 Å². The van der Waals surface area contributed by atoms with Gasteiger partial charge in [-0.3, -0.25) is 33.7 Å². The van der Waals surface area contributed by atoms with E-state index in [0.717, 1.165) is 83.3 Å². The number of amides is 6. The van der Waals surface area contributed by atoms with Crippen LogP contribution in [-0.2, 0) is 32.0 Å². The van der Waals surface area contributed by atoms with Crippen LogP contribution < -0.4 is 19.6 Å². The van der Waals surface area contributed by atoms with Crippen molar-refractivity contribution in [1.29, 1.82) is 0 Å². The lowest BCUT2D eigenvalue weighted by Gasteiger charge is -2.44. The maximum absolute atomic E-state index is 14.1. The lowest BCUT2D eigenvalue weighted by molar-refractivity contribution is -0.133. The number of piperazine rings is 4. The Balaban J connectivity index is 0.000000134. The molecule has 6 amide bonds. The largest absolute Gasteiger partial charge is 0.360 e. The van der Waals surface area contributed by atoms with Crippen LogP contribution in [0.2, 0.25) is 70.3 Å². The highest BCUT2D eigenvalue weighted by Crippen LogP contribution is 2.44. The van der Waals surface area contributed by atoms with Crippen LogP contribution >= 0.6 is 162 Å². The minimum absolute atomic E-state index is 0.0317. The molecule has 139 heavy (non-hydrogen) atoms. The fourth-order valence-corrected chi connectivity index (χ4v) is 21.0. The third-order valence-corrected chi connectivity index (χ3v) is 29.1. The highest BCUT2D eigenvalue weighted by Gasteiger charge is 2.42. The van der Waals surface area contributed by atoms with Crippen molar-refractivity contribution in [2.24, 2.45) is 0 Å². The number of carbonyl (C=O) groups is 6. The first kappa shape index (κ1) is 101. The molecular formula is C110H89Cl14N9O6. The molecule has 0 spiro atoms. The molecule has 19 rings (SSSR count). The van der Waals surface area contributed by atoms with E-state index in [-0.39, 0.29) is 66.7 Å². The summed E-state index contributed by atoms with van der Waals surface area (Å²) in [7, 11) is 0. The highest BCUT2D eigenvalue weighted by molar-refractivity contribution is 6.42. The summed E-state index contributed by atoms with van der Waals surface area (Å²) in [6.45, 7) is 6.24. The molecule has 0 saturated carbocycles. The number of halogens is 14. The molecule has 0 radical (unpaired) electrons. The maximum Gasteiger partial charge on any atom is 0.262 e. The number of imide groups is 1. The van der Waals surface area contributed by atoms with E-state index in [1.54, 1.807) is 83.8 Å². The normalized spacial score (nSPS) is 16.4. The van der Waals surface area contributed by atoms with Crippen LogP contribution in [-0.4, -0.2) is 145 Å². The molecule has 4 atom stereocenters. The third kappa shape index (κ3) is 24.9. The van der Waals surface area contributed by atoms with Crippen molar-refractivity contribution >= 4 is 221 Å². The molecule has 29 heteroatoms. The summed E-state index contributed by atoms with van der Waals surface area (Å²) in [5.41, 5.74) is 14.4. The van der Waals surface area contributed by atoms with Gasteiger partial charge in [0.1, 0.15) is 6.54 Å². The van der Waals surface area contributed by atoms with Gasteiger partial charge in [-0.25, -0.2) is 0 Å². The van der Waals surface area contributed by atoms with Gasteiger partial charge in [0, 0.05) is 119 Å². The van der Waals surface area contributed by atoms with Crippen LogP contribution in [0.1, 0.15) is 95.3 Å². The van der Waals surface area contributed by atoms with Gasteiger partial charge in [0.15, 0.2) is 0 Å². The molecule has 14 aromatic rings. The number of rotatable bonds is 18. The average Bonchev–Trinajstić information content (AvgIpc) is 1.60. The number of hydrogen-bond donors (Lipinski definition) is 0. The summed E-state index contributed by atoms with van der Waals surface area (Å²) in [6, 6.07) is 103. The molecule has 15 nitrogen and oxygen atoms in total. The van der Waals surface area contributed by atoms with Crippen LogP contribution in [0, 0.1) is 0 Å². The Hall–Kier alpha value is -10.6. The van der Waals surface area contributed by atoms with Gasteiger partial charge in [-0.05, 0) is 201 Å². The second kappa shape index (κ2) is 46.8. The van der Waals surface area contributed by atoms with Gasteiger partial charge in [-0.15, -0.1) is 0 Å². The Morgan fingerprint density at radius 2 is 0.547 bits per heavy atom. The molecule has 5 heterocycles. The quantitative estimate of drug-likeness (QED) is 0.0765. The molecule has 4 fully saturated rings. The van der Waals surface area contributed by atoms with Crippen molar-refractivity contribution in [3.05, 3.63) is 454 Å². The Bertz CT molecular complexity index is 6680. The fourth-order valence-electron chi connectivity index (χ4n) is 18.1. The number of carbonyl (C=O) groups excluding carboxylic acids is 6. The summed E-state index contributed by atoms with van der Waals surface area (Å²) in [5, 5.41) is 8.12. The molecular weight excluding hydrogens is 2040 g/mol. The zero-order chi connectivity index (χ0) is 97.7. The van der Waals surface area contributed by atoms with Gasteiger partial charge in [-0.2, -0.15) is 0 Å². The lowest BCUT2D eigenvalue weighted by atomic mass is 9.89. The van der Waals surface area contributed by atoms with Crippen LogP contribution in [0.5, 0.6) is 0 Å². The first-order valence-electron chi connectivity index (χ1n) is 44.8. The minimum atomic E-state index is -0.445. The van der Waals surface area contributed by atoms with E-state index in [1.807, 2.05) is 239 Å². The smallest absolute Gasteiger partial charge is 0.262 e. The second-order valence-corrected chi connectivity index (χ2v) is 39.8. The SMILES string of the molecule is O=C(C(c1ccccc1)c1ccccc1)N1CCN(c2ccc(Cl)cc2Cl)C(c2ccc(Cl)cc2)C1.O=C(CN1C(=O)c2ccccc2C1=O)N1CCN(c2ccc(Cl)cc2Cl)C(c2ccc(Cl)cc2)C1.O=C(Cc1ccc(-c2ccccc2)cc1)N1CCN(c2ccc(Cl)cc2Cl)C(c2ccc(Cl)cc2)C1.O=C(Cc1ccc(Cl)c(Cl)c1)N1CCN(c2ccc(Cl)cc2Cl)C(c2ccc(Cl)cc2)C1. The van der Waals surface area contributed by atoms with Gasteiger partial charge in [-0.1, -0.05) is 344 Å². The minimum Gasteiger partial charge on any atom is -0.360 e. The van der Waals surface area contributed by atoms with E-state index < -0.39 is 11.8 Å². The summed E-state index contributed by atoms with van der Waals surface area (Å²) in [4.78, 5) is 96.7. The lowest BCUT2D eigenvalue weighted by Crippen LogP contribution is -2.53. The third-order valence-electron chi connectivity index (χ3n) is 25.2. The summed E-state index contributed by atoms with van der Waals surface area (Å²) >= 11 is 87.4. The monoisotopic (exact) mass is 2120 g/mol. The number of nitrogens with zero attached hydrogens (tertiary/aromatic N) is 9. The molecule has 0 aromatic heterocycles. The molecule has 0 aliphatic carbocycles. The predicted octanol–water partition coefficient (Wildman–Crippen LogP) is 28.7. The van der Waals surface area contributed by atoms with E-state index >= 15 is 0 Å². The van der Waals surface area contributed by atoms with Gasteiger partial charge in [0.05, 0.1) is 107 Å². The molecule has 4 unspecified atom stereocenters. The van der Waals surface area contributed by atoms with E-state index in [0.29, 0.717) is 166 Å². The number of benzene rings is 14. The van der Waals surface area contributed by atoms with Crippen molar-refractivity contribution < 1.29 is 28.8 Å². The summed E-state index contributed by atoms with van der Waals surface area (Å²) in [5.74, 6) is -1.32. The van der Waals surface area contributed by atoms with E-state index in [2.05, 4.69) is 43.9 Å². The predicted molar refractivity (Wildman–Crippen MR) is 571 cm³/mol. The first-order valence-corrected chi connectivity index (χ1v) is 50.1. The van der Waals surface area contributed by atoms with Gasteiger partial charge in [0.25, 0.3) is 11.8 Å². The fraction of sp³-hybridized carbons (Fsp3) is 0.182. The maximum atomic E-state index is 14.1. The molecule has 14 aromatic carbocycles. The van der Waals surface area contributed by atoms with E-state index in [1.165, 1.54) is 0 Å². The van der Waals surface area contributed by atoms with Crippen LogP contribution in [0.25, 0.3) is 11.1 Å². The Morgan fingerprint density at radius 1 is 0.259 bits per heavy atom. The summed E-state index contributed by atoms with van der Waals surface area (Å²) < 4.78 is 0. The van der Waals surface area contributed by atoms with Gasteiger partial charge in [0.2, 0.25) is 23.6 Å². The van der Waals surface area contributed by atoms with Crippen molar-refractivity contribution in [2.75, 3.05) is 105 Å². The standard InChI is InChI=1S/2C30H25Cl3N2O.C26H20Cl3N3O3.C24H19Cl5N2O/c31-24-13-11-21(12-14-24)28-20-34(17-18-35(28)27-16-15-25(32)19-26(27)33)30(36)29(22-7-3-1-4-8-22)23-9-5-2-6-10-23;31-25-12-10-24(11-13-25)29-20-34(16-17-35(29)28-15-14-26(32)19-27(28)33)30(36)18-21-6-8-23(9-7-21)22-4-2-1-3-5-22;27-17-7-5-16(6-8-17)23-14-30(11-12-31(23)22-10-9-18(28)13-21(22)29)24(33)15-32-25(34)19-3-1-2-4-20(19)26(32)35;25-17-4-2-16(3-5-17)23-14-30(24(32)12-15-1-7-19(27)20(28)11-15)9-10-31(23)22-8-6-18(26)13-21(22)29/h1-16,19,28-29H,17-18,20H2;1-15,19,29H,16-18,20H2;1-10,13,23H,11-12,14-15H2;1-8,11,13,23H,9-10,12,14H2. The van der Waals surface area contributed by atoms with Gasteiger partial charge >= 0.3 is 0 Å². The molecule has 708 valence electrons. The van der Waals surface area contributed by atoms with Crippen molar-refractivity contribution in [2.45, 2.75) is 42.9 Å². The van der Waals surface area contributed by atoms with Crippen LogP contribution in [0.3, 0.4) is 0 Å². The van der Waals surface area contributed by atoms with Crippen molar-refractivity contribution in [1.82, 2.24) is 24.5 Å². The zero-order valence-corrected chi connectivity index (χ0v) is 85.0. The topological polar surface area (TPSA) is 132 Å². The number of anilines is 4. The molecule has 5 aliphatic heterocycles. The van der Waals surface area contributed by atoms with Crippen LogP contribution in [0.15, 0.2) is 328 Å². The van der Waals surface area contributed by atoms with E-state index in [9.17, 15) is 28.8 Å². The molecule has 0 bridgehead atoms. The highest BCUT2D eigenvalue weighted by atomic mass is 35.5. The van der Waals surface area contributed by atoms with Crippen molar-refractivity contribution in [3.63, 3.8) is 0 Å². The summed E-state index contributed by atoms with van der Waals surface area (Å²) in [6.07, 6.45) is 0.621. The number of fused-ring (bicyclic) bond motifs is 1. The second-order valence-electron chi connectivity index (χ2n) is 33.9.